The van der Waals surface area contributed by atoms with E-state index in [9.17, 15) is 0 Å². The monoisotopic (exact) mass is 174 g/mol. The predicted molar refractivity (Wildman–Crippen MR) is 44.9 cm³/mol. The summed E-state index contributed by atoms with van der Waals surface area (Å²) in [6.07, 6.45) is -1.60. The Labute approximate surface area is 73.6 Å². The van der Waals surface area contributed by atoms with E-state index in [1.165, 1.54) is 13.8 Å². The molecule has 0 aliphatic rings. The number of hydrogen-bond acceptors (Lipinski definition) is 4. The molecule has 5 heteroatoms. The molecule has 0 bridgehead atoms. The third-order valence-electron chi connectivity index (χ3n) is 1.66. The minimum Gasteiger partial charge on any atom is -0.394 e. The molecule has 70 valence electrons. The molecule has 0 aromatic rings. The fourth-order valence-electron chi connectivity index (χ4n) is 0.590. The summed E-state index contributed by atoms with van der Waals surface area (Å²) in [5.41, 5.74) is -1.24. The molecule has 0 aromatic heterocycles. The van der Waals surface area contributed by atoms with Gasteiger partial charge in [0.1, 0.15) is 14.0 Å². The first-order valence-electron chi connectivity index (χ1n) is 3.80. The van der Waals surface area contributed by atoms with Crippen LogP contribution in [0.1, 0.15) is 13.8 Å². The van der Waals surface area contributed by atoms with Gasteiger partial charge in [0.05, 0.1) is 24.8 Å². The van der Waals surface area contributed by atoms with Gasteiger partial charge in [-0.2, -0.15) is 0 Å². The Morgan fingerprint density at radius 3 is 2.08 bits per heavy atom. The molecule has 0 fully saturated rings. The van der Waals surface area contributed by atoms with Gasteiger partial charge in [-0.15, -0.1) is 0 Å². The second-order valence-corrected chi connectivity index (χ2v) is 2.96. The summed E-state index contributed by atoms with van der Waals surface area (Å²) in [4.78, 5) is 0. The molecule has 0 saturated carbocycles. The molecular formula is C7H15BO4. The van der Waals surface area contributed by atoms with Crippen LogP contribution in [0.5, 0.6) is 0 Å². The number of hydrogen-bond donors (Lipinski definition) is 3. The Bertz CT molecular complexity index is 123. The van der Waals surface area contributed by atoms with E-state index in [-0.39, 0.29) is 13.2 Å². The van der Waals surface area contributed by atoms with Crippen molar-refractivity contribution in [2.24, 2.45) is 0 Å². The molecule has 0 unspecified atom stereocenters. The van der Waals surface area contributed by atoms with E-state index in [1.54, 1.807) is 0 Å². The zero-order chi connectivity index (χ0) is 9.78. The largest absolute Gasteiger partial charge is 0.394 e. The van der Waals surface area contributed by atoms with Crippen LogP contribution in [0.25, 0.3) is 0 Å². The first-order valence-corrected chi connectivity index (χ1v) is 3.80. The minimum atomic E-state index is -1.24. The highest BCUT2D eigenvalue weighted by Crippen LogP contribution is 2.13. The Balaban J connectivity index is 4.02. The highest BCUT2D eigenvalue weighted by Gasteiger charge is 2.27. The van der Waals surface area contributed by atoms with Gasteiger partial charge < -0.3 is 20.1 Å². The highest BCUT2D eigenvalue weighted by atomic mass is 16.5. The first kappa shape index (κ1) is 11.9. The lowest BCUT2D eigenvalue weighted by Crippen LogP contribution is -2.45. The Morgan fingerprint density at radius 1 is 1.42 bits per heavy atom. The lowest BCUT2D eigenvalue weighted by Gasteiger charge is -2.32. The third-order valence-corrected chi connectivity index (χ3v) is 1.66. The fraction of sp³-hybridized carbons (Fsp3) is 1.00. The normalized spacial score (nSPS) is 19.2. The molecule has 0 aromatic carbocycles. The van der Waals surface area contributed by atoms with Crippen molar-refractivity contribution in [2.75, 3.05) is 13.2 Å². The maximum absolute atomic E-state index is 9.11. The summed E-state index contributed by atoms with van der Waals surface area (Å²) < 4.78 is 5.03. The van der Waals surface area contributed by atoms with Gasteiger partial charge in [-0.25, -0.2) is 0 Å². The summed E-state index contributed by atoms with van der Waals surface area (Å²) in [5.74, 6) is 0. The summed E-state index contributed by atoms with van der Waals surface area (Å²) in [5, 5.41) is 26.4. The van der Waals surface area contributed by atoms with E-state index in [4.69, 9.17) is 27.9 Å². The van der Waals surface area contributed by atoms with Gasteiger partial charge in [0.15, 0.2) is 0 Å². The van der Waals surface area contributed by atoms with Crippen LogP contribution in [-0.2, 0) is 4.74 Å². The topological polar surface area (TPSA) is 69.9 Å². The second-order valence-electron chi connectivity index (χ2n) is 2.96. The fourth-order valence-corrected chi connectivity index (χ4v) is 0.590. The zero-order valence-electron chi connectivity index (χ0n) is 7.40. The first-order chi connectivity index (χ1) is 5.44. The van der Waals surface area contributed by atoms with E-state index in [1.807, 2.05) is 0 Å². The zero-order valence-corrected chi connectivity index (χ0v) is 7.40. The number of aliphatic hydroxyl groups is 3. The SMILES string of the molecule is [B][C@](C)(OC(CO)CO)[C@H](C)O. The van der Waals surface area contributed by atoms with Crippen LogP contribution in [-0.4, -0.2) is 54.1 Å². The number of ether oxygens (including phenoxy) is 1. The summed E-state index contributed by atoms with van der Waals surface area (Å²) in [6.45, 7) is 2.31. The van der Waals surface area contributed by atoms with E-state index in [0.29, 0.717) is 0 Å². The molecule has 4 nitrogen and oxygen atoms in total. The molecule has 0 spiro atoms. The van der Waals surface area contributed by atoms with Crippen molar-refractivity contribution in [3.05, 3.63) is 0 Å². The Hall–Kier alpha value is -0.0951. The smallest absolute Gasteiger partial charge is 0.116 e. The van der Waals surface area contributed by atoms with E-state index >= 15 is 0 Å². The standard InChI is InChI=1S/C7H15BO4/c1-5(11)7(2,8)12-6(3-9)4-10/h5-6,9-11H,3-4H2,1-2H3/t5-,7+/m0/s1. The molecule has 3 N–H and O–H groups in total. The Morgan fingerprint density at radius 2 is 1.83 bits per heavy atom. The molecule has 0 aliphatic heterocycles. The molecule has 0 aliphatic carbocycles. The third kappa shape index (κ3) is 3.54. The summed E-state index contributed by atoms with van der Waals surface area (Å²) in [6, 6.07) is 0. The number of aliphatic hydroxyl groups excluding tert-OH is 3. The summed E-state index contributed by atoms with van der Waals surface area (Å²) >= 11 is 0. The van der Waals surface area contributed by atoms with Crippen LogP contribution in [0.15, 0.2) is 0 Å². The van der Waals surface area contributed by atoms with Gasteiger partial charge in [-0.05, 0) is 13.8 Å². The van der Waals surface area contributed by atoms with Crippen LogP contribution in [0.4, 0.5) is 0 Å². The molecule has 2 radical (unpaired) electrons. The molecule has 12 heavy (non-hydrogen) atoms. The van der Waals surface area contributed by atoms with Gasteiger partial charge in [-0.3, -0.25) is 0 Å². The molecule has 0 heterocycles. The van der Waals surface area contributed by atoms with E-state index < -0.39 is 17.7 Å². The lowest BCUT2D eigenvalue weighted by molar-refractivity contribution is -0.118. The van der Waals surface area contributed by atoms with Gasteiger partial charge in [0.2, 0.25) is 0 Å². The number of rotatable bonds is 5. The molecule has 0 rings (SSSR count). The molecule has 2 atom stereocenters. The van der Waals surface area contributed by atoms with Crippen LogP contribution in [0, 0.1) is 0 Å². The van der Waals surface area contributed by atoms with Gasteiger partial charge >= 0.3 is 0 Å². The van der Waals surface area contributed by atoms with Crippen LogP contribution >= 0.6 is 0 Å². The maximum atomic E-state index is 9.11. The average Bonchev–Trinajstić information content (AvgIpc) is 2.00. The molecule has 0 saturated heterocycles. The van der Waals surface area contributed by atoms with Crippen LogP contribution < -0.4 is 0 Å². The quantitative estimate of drug-likeness (QED) is 0.449. The summed E-state index contributed by atoms with van der Waals surface area (Å²) in [7, 11) is 5.52. The van der Waals surface area contributed by atoms with Gasteiger partial charge in [0, 0.05) is 0 Å². The second kappa shape index (κ2) is 4.82. The van der Waals surface area contributed by atoms with Crippen molar-refractivity contribution in [1.82, 2.24) is 0 Å². The van der Waals surface area contributed by atoms with Crippen molar-refractivity contribution in [1.29, 1.82) is 0 Å². The van der Waals surface area contributed by atoms with Crippen molar-refractivity contribution in [2.45, 2.75) is 31.6 Å². The predicted octanol–water partition coefficient (Wildman–Crippen LogP) is -1.38. The van der Waals surface area contributed by atoms with E-state index in [0.717, 1.165) is 0 Å². The molecule has 0 amide bonds. The van der Waals surface area contributed by atoms with Gasteiger partial charge in [-0.1, -0.05) is 0 Å². The van der Waals surface area contributed by atoms with Crippen molar-refractivity contribution in [3.63, 3.8) is 0 Å². The van der Waals surface area contributed by atoms with Crippen molar-refractivity contribution < 1.29 is 20.1 Å². The highest BCUT2D eigenvalue weighted by molar-refractivity contribution is 6.14. The van der Waals surface area contributed by atoms with Crippen molar-refractivity contribution in [3.8, 4) is 0 Å². The Kier molecular flexibility index (Phi) is 4.78. The van der Waals surface area contributed by atoms with Gasteiger partial charge in [0.25, 0.3) is 0 Å². The average molecular weight is 174 g/mol. The van der Waals surface area contributed by atoms with E-state index in [2.05, 4.69) is 0 Å². The minimum absolute atomic E-state index is 0.323. The van der Waals surface area contributed by atoms with Crippen molar-refractivity contribution >= 4 is 7.85 Å². The molecular weight excluding hydrogens is 159 g/mol. The van der Waals surface area contributed by atoms with Crippen LogP contribution in [0.2, 0.25) is 0 Å². The maximum Gasteiger partial charge on any atom is 0.116 e. The lowest BCUT2D eigenvalue weighted by atomic mass is 9.79. The van der Waals surface area contributed by atoms with Crippen LogP contribution in [0.3, 0.4) is 0 Å².